The number of aromatic nitrogens is 4. The predicted octanol–water partition coefficient (Wildman–Crippen LogP) is 1.01. The maximum atomic E-state index is 5.59. The van der Waals surface area contributed by atoms with Gasteiger partial charge in [0.2, 0.25) is 5.95 Å². The van der Waals surface area contributed by atoms with Crippen LogP contribution in [0.5, 0.6) is 0 Å². The first-order valence-electron chi connectivity index (χ1n) is 5.99. The molecule has 0 spiro atoms. The van der Waals surface area contributed by atoms with Gasteiger partial charge in [0.15, 0.2) is 0 Å². The van der Waals surface area contributed by atoms with Gasteiger partial charge in [-0.25, -0.2) is 4.68 Å². The Hall–Kier alpha value is -1.95. The van der Waals surface area contributed by atoms with Gasteiger partial charge in [0, 0.05) is 19.3 Å². The fraction of sp³-hybridized carbons (Fsp3) is 0.417. The molecule has 2 N–H and O–H groups in total. The van der Waals surface area contributed by atoms with Crippen molar-refractivity contribution in [2.75, 3.05) is 18.0 Å². The van der Waals surface area contributed by atoms with E-state index in [0.29, 0.717) is 6.54 Å². The standard InChI is InChI=1S/C12H18N6/c1-10-5-3-6-11(9-10)18(8-4-7-13)12-14-15-16-17(12)2/h3,5-6,9H,4,7-8,13H2,1-2H3. The molecule has 0 unspecified atom stereocenters. The van der Waals surface area contributed by atoms with Crippen molar-refractivity contribution < 1.29 is 0 Å². The summed E-state index contributed by atoms with van der Waals surface area (Å²) in [4.78, 5) is 2.08. The number of nitrogens with two attached hydrogens (primary N) is 1. The van der Waals surface area contributed by atoms with Crippen LogP contribution in [-0.2, 0) is 7.05 Å². The molecule has 0 fully saturated rings. The highest BCUT2D eigenvalue weighted by Gasteiger charge is 2.14. The summed E-state index contributed by atoms with van der Waals surface area (Å²) in [7, 11) is 1.83. The summed E-state index contributed by atoms with van der Waals surface area (Å²) in [5, 5.41) is 11.6. The van der Waals surface area contributed by atoms with Gasteiger partial charge in [-0.05, 0) is 48.0 Å². The first kappa shape index (κ1) is 12.5. The minimum atomic E-state index is 0.646. The fourth-order valence-corrected chi connectivity index (χ4v) is 1.84. The van der Waals surface area contributed by atoms with Crippen LogP contribution >= 0.6 is 0 Å². The maximum Gasteiger partial charge on any atom is 0.249 e. The first-order chi connectivity index (χ1) is 8.72. The van der Waals surface area contributed by atoms with Gasteiger partial charge in [-0.2, -0.15) is 0 Å². The molecule has 0 amide bonds. The Bertz CT molecular complexity index is 507. The SMILES string of the molecule is Cc1cccc(N(CCCN)c2nnnn2C)c1. The monoisotopic (exact) mass is 246 g/mol. The minimum Gasteiger partial charge on any atom is -0.330 e. The molecule has 6 nitrogen and oxygen atoms in total. The first-order valence-corrected chi connectivity index (χ1v) is 5.99. The lowest BCUT2D eigenvalue weighted by atomic mass is 10.2. The zero-order chi connectivity index (χ0) is 13.0. The van der Waals surface area contributed by atoms with Gasteiger partial charge in [-0.15, -0.1) is 0 Å². The van der Waals surface area contributed by atoms with Crippen LogP contribution in [-0.4, -0.2) is 33.3 Å². The number of nitrogens with zero attached hydrogens (tertiary/aromatic N) is 5. The summed E-state index contributed by atoms with van der Waals surface area (Å²) in [6, 6.07) is 8.27. The van der Waals surface area contributed by atoms with Crippen molar-refractivity contribution in [1.82, 2.24) is 20.2 Å². The number of aryl methyl sites for hydroxylation is 2. The van der Waals surface area contributed by atoms with Crippen LogP contribution < -0.4 is 10.6 Å². The zero-order valence-electron chi connectivity index (χ0n) is 10.7. The molecule has 0 saturated heterocycles. The molecule has 2 aromatic rings. The minimum absolute atomic E-state index is 0.646. The Morgan fingerprint density at radius 2 is 2.22 bits per heavy atom. The highest BCUT2D eigenvalue weighted by atomic mass is 15.6. The van der Waals surface area contributed by atoms with Crippen LogP contribution in [0.2, 0.25) is 0 Å². The van der Waals surface area contributed by atoms with E-state index >= 15 is 0 Å². The van der Waals surface area contributed by atoms with Crippen molar-refractivity contribution in [3.8, 4) is 0 Å². The van der Waals surface area contributed by atoms with Crippen molar-refractivity contribution in [3.05, 3.63) is 29.8 Å². The maximum absolute atomic E-state index is 5.59. The van der Waals surface area contributed by atoms with Crippen molar-refractivity contribution in [3.63, 3.8) is 0 Å². The second-order valence-electron chi connectivity index (χ2n) is 4.24. The number of hydrogen-bond donors (Lipinski definition) is 1. The Morgan fingerprint density at radius 1 is 1.39 bits per heavy atom. The lowest BCUT2D eigenvalue weighted by molar-refractivity contribution is 0.696. The Morgan fingerprint density at radius 3 is 2.83 bits per heavy atom. The van der Waals surface area contributed by atoms with Crippen LogP contribution in [0.15, 0.2) is 24.3 Å². The summed E-state index contributed by atoms with van der Waals surface area (Å²) in [5.74, 6) is 0.731. The van der Waals surface area contributed by atoms with Gasteiger partial charge in [0.1, 0.15) is 0 Å². The van der Waals surface area contributed by atoms with Crippen LogP contribution in [0.25, 0.3) is 0 Å². The summed E-state index contributed by atoms with van der Waals surface area (Å²) >= 11 is 0. The van der Waals surface area contributed by atoms with Crippen LogP contribution in [0.1, 0.15) is 12.0 Å². The predicted molar refractivity (Wildman–Crippen MR) is 70.7 cm³/mol. The lowest BCUT2D eigenvalue weighted by Crippen LogP contribution is -2.24. The molecular weight excluding hydrogens is 228 g/mol. The smallest absolute Gasteiger partial charge is 0.249 e. The third-order valence-corrected chi connectivity index (χ3v) is 2.74. The van der Waals surface area contributed by atoms with E-state index < -0.39 is 0 Å². The highest BCUT2D eigenvalue weighted by molar-refractivity contribution is 5.57. The average molecular weight is 246 g/mol. The van der Waals surface area contributed by atoms with Crippen molar-refractivity contribution in [1.29, 1.82) is 0 Å². The molecule has 1 aromatic carbocycles. The van der Waals surface area contributed by atoms with Crippen molar-refractivity contribution in [2.45, 2.75) is 13.3 Å². The molecule has 0 aliphatic heterocycles. The van der Waals surface area contributed by atoms with Gasteiger partial charge < -0.3 is 10.6 Å². The quantitative estimate of drug-likeness (QED) is 0.852. The van der Waals surface area contributed by atoms with E-state index in [1.807, 2.05) is 13.1 Å². The molecular formula is C12H18N6. The van der Waals surface area contributed by atoms with Crippen LogP contribution in [0, 0.1) is 6.92 Å². The molecule has 6 heteroatoms. The van der Waals surface area contributed by atoms with E-state index in [4.69, 9.17) is 5.73 Å². The molecule has 18 heavy (non-hydrogen) atoms. The number of rotatable bonds is 5. The molecule has 0 bridgehead atoms. The summed E-state index contributed by atoms with van der Waals surface area (Å²) < 4.78 is 1.67. The number of anilines is 2. The van der Waals surface area contributed by atoms with Crippen LogP contribution in [0.4, 0.5) is 11.6 Å². The molecule has 1 aromatic heterocycles. The van der Waals surface area contributed by atoms with E-state index in [2.05, 4.69) is 45.5 Å². The highest BCUT2D eigenvalue weighted by Crippen LogP contribution is 2.23. The Kier molecular flexibility index (Phi) is 3.88. The molecule has 0 aliphatic carbocycles. The molecule has 0 atom stereocenters. The molecule has 96 valence electrons. The molecule has 2 rings (SSSR count). The number of hydrogen-bond acceptors (Lipinski definition) is 5. The third kappa shape index (κ3) is 2.65. The van der Waals surface area contributed by atoms with Crippen molar-refractivity contribution in [2.24, 2.45) is 12.8 Å². The summed E-state index contributed by atoms with van der Waals surface area (Å²) in [6.07, 6.45) is 0.890. The normalized spacial score (nSPS) is 10.6. The van der Waals surface area contributed by atoms with Gasteiger partial charge in [-0.1, -0.05) is 17.2 Å². The summed E-state index contributed by atoms with van der Waals surface area (Å²) in [6.45, 7) is 3.52. The third-order valence-electron chi connectivity index (χ3n) is 2.74. The topological polar surface area (TPSA) is 72.9 Å². The van der Waals surface area contributed by atoms with Crippen LogP contribution in [0.3, 0.4) is 0 Å². The van der Waals surface area contributed by atoms with E-state index in [1.165, 1.54) is 5.56 Å². The number of tetrazole rings is 1. The largest absolute Gasteiger partial charge is 0.330 e. The fourth-order valence-electron chi connectivity index (χ4n) is 1.84. The second-order valence-corrected chi connectivity index (χ2v) is 4.24. The second kappa shape index (κ2) is 5.59. The molecule has 0 saturated carbocycles. The van der Waals surface area contributed by atoms with Gasteiger partial charge >= 0.3 is 0 Å². The Labute approximate surface area is 106 Å². The summed E-state index contributed by atoms with van der Waals surface area (Å²) in [5.41, 5.74) is 7.88. The average Bonchev–Trinajstić information content (AvgIpc) is 2.77. The van der Waals surface area contributed by atoms with Gasteiger partial charge in [-0.3, -0.25) is 0 Å². The van der Waals surface area contributed by atoms with E-state index in [9.17, 15) is 0 Å². The zero-order valence-corrected chi connectivity index (χ0v) is 10.7. The van der Waals surface area contributed by atoms with E-state index in [-0.39, 0.29) is 0 Å². The number of benzene rings is 1. The van der Waals surface area contributed by atoms with Crippen molar-refractivity contribution >= 4 is 11.6 Å². The molecule has 0 radical (unpaired) electrons. The van der Waals surface area contributed by atoms with Gasteiger partial charge in [0.05, 0.1) is 0 Å². The van der Waals surface area contributed by atoms with E-state index in [0.717, 1.165) is 24.6 Å². The molecule has 0 aliphatic rings. The van der Waals surface area contributed by atoms with E-state index in [1.54, 1.807) is 4.68 Å². The molecule has 1 heterocycles. The Balaban J connectivity index is 2.33. The lowest BCUT2D eigenvalue weighted by Gasteiger charge is -2.22. The van der Waals surface area contributed by atoms with Gasteiger partial charge in [0.25, 0.3) is 0 Å².